The van der Waals surface area contributed by atoms with Crippen molar-refractivity contribution in [1.29, 1.82) is 0 Å². The van der Waals surface area contributed by atoms with Crippen molar-refractivity contribution >= 4 is 28.3 Å². The van der Waals surface area contributed by atoms with Crippen molar-refractivity contribution in [3.05, 3.63) is 28.2 Å². The molecule has 1 aromatic rings. The molecule has 1 heterocycles. The summed E-state index contributed by atoms with van der Waals surface area (Å²) in [6.45, 7) is 1.55. The predicted octanol–water partition coefficient (Wildman–Crippen LogP) is 4.67. The van der Waals surface area contributed by atoms with E-state index in [4.69, 9.17) is 0 Å². The Hall–Kier alpha value is -0.710. The van der Waals surface area contributed by atoms with E-state index in [1.165, 1.54) is 17.0 Å². The fourth-order valence-electron chi connectivity index (χ4n) is 2.65. The molecule has 3 nitrogen and oxygen atoms in total. The molecule has 11 heteroatoms. The van der Waals surface area contributed by atoms with Gasteiger partial charge < -0.3 is 10.1 Å². The van der Waals surface area contributed by atoms with Crippen LogP contribution in [0.2, 0.25) is 0 Å². The van der Waals surface area contributed by atoms with Crippen LogP contribution in [0.5, 0.6) is 5.75 Å². The number of hydrogen-bond acceptors (Lipinski definition) is 3. The number of piperazine rings is 1. The number of rotatable bonds is 4. The lowest BCUT2D eigenvalue weighted by Gasteiger charge is -2.36. The third-order valence-corrected chi connectivity index (χ3v) is 4.07. The molecule has 0 radical (unpaired) electrons. The molecule has 25 heavy (non-hydrogen) atoms. The molecule has 1 saturated heterocycles. The van der Waals surface area contributed by atoms with Gasteiger partial charge in [0.1, 0.15) is 5.75 Å². The number of halogens is 8. The Morgan fingerprint density at radius 1 is 1.12 bits per heavy atom. The van der Waals surface area contributed by atoms with Crippen LogP contribution in [-0.4, -0.2) is 43.6 Å². The summed E-state index contributed by atoms with van der Waals surface area (Å²) >= 11 is 3.10. The highest BCUT2D eigenvalue weighted by Gasteiger charge is 2.39. The van der Waals surface area contributed by atoms with Crippen molar-refractivity contribution < 1.29 is 31.1 Å². The molecule has 1 aliphatic rings. The second-order valence-electron chi connectivity index (χ2n) is 5.35. The minimum Gasteiger partial charge on any atom is -0.405 e. The number of nitrogens with one attached hydrogen (secondary N) is 1. The number of benzene rings is 1. The summed E-state index contributed by atoms with van der Waals surface area (Å²) in [5.41, 5.74) is -0.138. The van der Waals surface area contributed by atoms with E-state index in [0.29, 0.717) is 30.7 Å². The lowest BCUT2D eigenvalue weighted by Crippen LogP contribution is -2.46. The van der Waals surface area contributed by atoms with E-state index in [2.05, 4.69) is 26.0 Å². The van der Waals surface area contributed by atoms with Crippen LogP contribution >= 0.6 is 28.3 Å². The van der Waals surface area contributed by atoms with Gasteiger partial charge >= 0.3 is 12.5 Å². The van der Waals surface area contributed by atoms with Gasteiger partial charge in [0.05, 0.1) is 6.42 Å². The Balaban J connectivity index is 0.00000312. The van der Waals surface area contributed by atoms with E-state index in [1.54, 1.807) is 0 Å². The summed E-state index contributed by atoms with van der Waals surface area (Å²) in [6, 6.07) is 2.33. The molecular weight excluding hydrogens is 442 g/mol. The van der Waals surface area contributed by atoms with E-state index in [1.807, 2.05) is 0 Å². The van der Waals surface area contributed by atoms with E-state index >= 15 is 0 Å². The van der Waals surface area contributed by atoms with E-state index in [9.17, 15) is 26.3 Å². The molecule has 1 aromatic carbocycles. The van der Waals surface area contributed by atoms with Crippen LogP contribution in [-0.2, 0) is 0 Å². The molecule has 1 fully saturated rings. The molecule has 0 unspecified atom stereocenters. The van der Waals surface area contributed by atoms with E-state index in [0.717, 1.165) is 6.07 Å². The first-order valence-corrected chi connectivity index (χ1v) is 7.91. The Morgan fingerprint density at radius 3 is 2.24 bits per heavy atom. The average Bonchev–Trinajstić information content (AvgIpc) is 2.45. The molecule has 0 amide bonds. The van der Waals surface area contributed by atoms with Crippen molar-refractivity contribution in [2.24, 2.45) is 0 Å². The Labute approximate surface area is 155 Å². The molecule has 0 bridgehead atoms. The molecule has 1 aliphatic heterocycles. The summed E-state index contributed by atoms with van der Waals surface area (Å²) in [7, 11) is 0. The number of ether oxygens (including phenoxy) is 1. The zero-order chi connectivity index (χ0) is 18.0. The summed E-state index contributed by atoms with van der Waals surface area (Å²) in [5, 5.41) is 3.00. The van der Waals surface area contributed by atoms with Gasteiger partial charge in [-0.2, -0.15) is 13.2 Å². The topological polar surface area (TPSA) is 24.5 Å². The highest BCUT2D eigenvalue weighted by molar-refractivity contribution is 9.10. The number of alkyl halides is 6. The second kappa shape index (κ2) is 8.79. The molecule has 1 N–H and O–H groups in total. The Kier molecular flexibility index (Phi) is 7.85. The van der Waals surface area contributed by atoms with E-state index in [-0.39, 0.29) is 18.0 Å². The van der Waals surface area contributed by atoms with Gasteiger partial charge in [0.15, 0.2) is 0 Å². The van der Waals surface area contributed by atoms with Gasteiger partial charge in [-0.05, 0) is 18.2 Å². The Morgan fingerprint density at radius 2 is 1.72 bits per heavy atom. The monoisotopic (exact) mass is 456 g/mol. The zero-order valence-electron chi connectivity index (χ0n) is 12.8. The van der Waals surface area contributed by atoms with Crippen molar-refractivity contribution in [1.82, 2.24) is 10.2 Å². The standard InChI is InChI=1S/C14H15BrF6N2O.ClH/c15-9-1-2-12(24-14(19,20)21)10(7-9)11(8-13(16,17)18)23-5-3-22-4-6-23;/h1-2,7,11,22H,3-6,8H2;1H/t11-;/m0./s1. The van der Waals surface area contributed by atoms with Crippen LogP contribution in [0.3, 0.4) is 0 Å². The number of nitrogens with zero attached hydrogens (tertiary/aromatic N) is 1. The Bertz CT molecular complexity index is 563. The molecule has 0 aromatic heterocycles. The lowest BCUT2D eigenvalue weighted by atomic mass is 9.99. The van der Waals surface area contributed by atoms with Crippen molar-refractivity contribution in [2.75, 3.05) is 26.2 Å². The first kappa shape index (κ1) is 22.3. The highest BCUT2D eigenvalue weighted by Crippen LogP contribution is 2.40. The van der Waals surface area contributed by atoms with Gasteiger partial charge in [0, 0.05) is 42.3 Å². The molecular formula is C14H16BrClF6N2O. The largest absolute Gasteiger partial charge is 0.573 e. The minimum absolute atomic E-state index is 0. The quantitative estimate of drug-likeness (QED) is 0.665. The summed E-state index contributed by atoms with van der Waals surface area (Å²) in [4.78, 5) is 1.52. The third-order valence-electron chi connectivity index (χ3n) is 3.57. The van der Waals surface area contributed by atoms with Crippen molar-refractivity contribution in [2.45, 2.75) is 25.0 Å². The average molecular weight is 458 g/mol. The van der Waals surface area contributed by atoms with Gasteiger partial charge in [0.2, 0.25) is 0 Å². The van der Waals surface area contributed by atoms with Crippen LogP contribution in [0.25, 0.3) is 0 Å². The van der Waals surface area contributed by atoms with Gasteiger partial charge in [-0.3, -0.25) is 4.90 Å². The fourth-order valence-corrected chi connectivity index (χ4v) is 3.02. The normalized spacial score (nSPS) is 17.7. The third kappa shape index (κ3) is 7.20. The highest BCUT2D eigenvalue weighted by atomic mass is 79.9. The fraction of sp³-hybridized carbons (Fsp3) is 0.571. The van der Waals surface area contributed by atoms with Gasteiger partial charge in [0.25, 0.3) is 0 Å². The molecule has 0 saturated carbocycles. The van der Waals surface area contributed by atoms with Gasteiger partial charge in [-0.15, -0.1) is 25.6 Å². The molecule has 1 atom stereocenters. The maximum atomic E-state index is 13.0. The van der Waals surface area contributed by atoms with Crippen LogP contribution in [0, 0.1) is 0 Å². The minimum atomic E-state index is -4.98. The van der Waals surface area contributed by atoms with Crippen molar-refractivity contribution in [3.63, 3.8) is 0 Å². The second-order valence-corrected chi connectivity index (χ2v) is 6.27. The van der Waals surface area contributed by atoms with E-state index < -0.39 is 30.8 Å². The molecule has 2 rings (SSSR count). The van der Waals surface area contributed by atoms with Crippen LogP contribution in [0.4, 0.5) is 26.3 Å². The van der Waals surface area contributed by atoms with Gasteiger partial charge in [-0.1, -0.05) is 15.9 Å². The molecule has 144 valence electrons. The first-order chi connectivity index (χ1) is 11.1. The maximum Gasteiger partial charge on any atom is 0.573 e. The summed E-state index contributed by atoms with van der Waals surface area (Å²) < 4.78 is 81.1. The first-order valence-electron chi connectivity index (χ1n) is 7.12. The SMILES string of the molecule is Cl.FC(F)(F)C[C@@H](c1cc(Br)ccc1OC(F)(F)F)N1CCNCC1. The van der Waals surface area contributed by atoms with Crippen LogP contribution in [0.1, 0.15) is 18.0 Å². The predicted molar refractivity (Wildman–Crippen MR) is 85.9 cm³/mol. The van der Waals surface area contributed by atoms with Crippen LogP contribution < -0.4 is 10.1 Å². The zero-order valence-corrected chi connectivity index (χ0v) is 15.2. The molecule has 0 aliphatic carbocycles. The number of hydrogen-bond donors (Lipinski definition) is 1. The maximum absolute atomic E-state index is 13.0. The molecule has 0 spiro atoms. The smallest absolute Gasteiger partial charge is 0.405 e. The van der Waals surface area contributed by atoms with Gasteiger partial charge in [-0.25, -0.2) is 0 Å². The lowest BCUT2D eigenvalue weighted by molar-refractivity contribution is -0.275. The summed E-state index contributed by atoms with van der Waals surface area (Å²) in [5.74, 6) is -0.613. The van der Waals surface area contributed by atoms with Crippen LogP contribution in [0.15, 0.2) is 22.7 Å². The summed E-state index contributed by atoms with van der Waals surface area (Å²) in [6.07, 6.45) is -10.8. The van der Waals surface area contributed by atoms with Crippen molar-refractivity contribution in [3.8, 4) is 5.75 Å².